The minimum absolute atomic E-state index is 0.0186. The number of carbonyl (C=O) groups excluding carboxylic acids is 1. The number of nitrogens with one attached hydrogen (secondary N) is 2. The first kappa shape index (κ1) is 36.2. The average Bonchev–Trinajstić information content (AvgIpc) is 3.64. The third-order valence-electron chi connectivity index (χ3n) is 8.24. The molecule has 51 heavy (non-hydrogen) atoms. The van der Waals surface area contributed by atoms with Crippen LogP contribution in [0.2, 0.25) is 0 Å². The molecule has 3 aromatic carbocycles. The van der Waals surface area contributed by atoms with Crippen LogP contribution >= 0.6 is 7.75 Å². The van der Waals surface area contributed by atoms with E-state index in [1.165, 1.54) is 13.3 Å². The van der Waals surface area contributed by atoms with Crippen molar-refractivity contribution < 1.29 is 33.0 Å². The molecular formula is C36H44N7O7P. The number of carbonyl (C=O) groups is 1. The highest BCUT2D eigenvalue weighted by molar-refractivity contribution is 7.52. The number of nitrogens with two attached hydrogens (primary N) is 1. The highest BCUT2D eigenvalue weighted by Gasteiger charge is 2.47. The Bertz CT molecular complexity index is 2050. The highest BCUT2D eigenvalue weighted by atomic mass is 31.2. The molecule has 2 aromatic heterocycles. The van der Waals surface area contributed by atoms with E-state index in [1.807, 2.05) is 81.4 Å². The molecule has 0 spiro atoms. The van der Waals surface area contributed by atoms with Crippen molar-refractivity contribution in [2.24, 2.45) is 5.41 Å². The Labute approximate surface area is 296 Å². The van der Waals surface area contributed by atoms with Gasteiger partial charge in [0.25, 0.3) is 0 Å². The molecule has 270 valence electrons. The molecule has 0 radical (unpaired) electrons. The first-order chi connectivity index (χ1) is 24.2. The molecule has 3 heterocycles. The second-order valence-corrected chi connectivity index (χ2v) is 15.8. The number of nitrogen functional groups attached to an aromatic ring is 1. The van der Waals surface area contributed by atoms with Gasteiger partial charge in [0, 0.05) is 18.4 Å². The molecule has 1 aliphatic rings. The molecule has 5 aromatic rings. The lowest BCUT2D eigenvalue weighted by Gasteiger charge is -2.25. The second kappa shape index (κ2) is 14.6. The summed E-state index contributed by atoms with van der Waals surface area (Å²) in [4.78, 5) is 26.2. The summed E-state index contributed by atoms with van der Waals surface area (Å²) in [5.74, 6) is 0.145. The van der Waals surface area contributed by atoms with Gasteiger partial charge in [0.2, 0.25) is 5.95 Å². The summed E-state index contributed by atoms with van der Waals surface area (Å²) in [5, 5.41) is 19.2. The molecule has 15 heteroatoms. The van der Waals surface area contributed by atoms with Crippen LogP contribution in [-0.4, -0.2) is 61.6 Å². The van der Waals surface area contributed by atoms with Crippen LogP contribution in [0.4, 0.5) is 11.8 Å². The van der Waals surface area contributed by atoms with Crippen LogP contribution in [0.5, 0.6) is 5.75 Å². The Morgan fingerprint density at radius 3 is 2.61 bits per heavy atom. The lowest BCUT2D eigenvalue weighted by molar-refractivity contribution is -0.148. The van der Waals surface area contributed by atoms with E-state index < -0.39 is 37.7 Å². The van der Waals surface area contributed by atoms with Crippen molar-refractivity contribution >= 4 is 47.4 Å². The van der Waals surface area contributed by atoms with Gasteiger partial charge in [-0.1, -0.05) is 87.5 Å². The maximum atomic E-state index is 14.4. The maximum absolute atomic E-state index is 14.4. The van der Waals surface area contributed by atoms with Crippen LogP contribution in [0.3, 0.4) is 0 Å². The van der Waals surface area contributed by atoms with Crippen molar-refractivity contribution in [1.82, 2.24) is 24.6 Å². The van der Waals surface area contributed by atoms with Crippen LogP contribution in [-0.2, 0) is 29.9 Å². The first-order valence-electron chi connectivity index (χ1n) is 16.7. The van der Waals surface area contributed by atoms with E-state index in [-0.39, 0.29) is 31.0 Å². The number of aliphatic hydroxyl groups is 1. The van der Waals surface area contributed by atoms with E-state index in [0.717, 1.165) is 10.9 Å². The van der Waals surface area contributed by atoms with Crippen LogP contribution in [0.1, 0.15) is 52.8 Å². The van der Waals surface area contributed by atoms with E-state index in [2.05, 4.69) is 25.4 Å². The van der Waals surface area contributed by atoms with Gasteiger partial charge >= 0.3 is 13.7 Å². The molecule has 5 N–H and O–H groups in total. The van der Waals surface area contributed by atoms with Gasteiger partial charge in [0.05, 0.1) is 25.6 Å². The Morgan fingerprint density at radius 2 is 1.84 bits per heavy atom. The quantitative estimate of drug-likeness (QED) is 0.0824. The fourth-order valence-electron chi connectivity index (χ4n) is 5.79. The SMILES string of the molecule is CC(NP(=O)(OCC1CC(C)(O)C(n2cnc3c(NCc4ccccc4)nc(N)nc32)O1)Oc1cccc2ccccc12)C(=O)OCC(C)(C)C. The molecule has 0 amide bonds. The summed E-state index contributed by atoms with van der Waals surface area (Å²) in [5.41, 5.74) is 6.27. The topological polar surface area (TPSA) is 185 Å². The monoisotopic (exact) mass is 717 g/mol. The number of hydrogen-bond donors (Lipinski definition) is 4. The Morgan fingerprint density at radius 1 is 1.12 bits per heavy atom. The molecule has 1 saturated heterocycles. The van der Waals surface area contributed by atoms with Crippen LogP contribution in [0.15, 0.2) is 79.1 Å². The maximum Gasteiger partial charge on any atom is 0.459 e. The number of aromatic nitrogens is 4. The molecule has 0 bridgehead atoms. The fourth-order valence-corrected chi connectivity index (χ4v) is 7.33. The summed E-state index contributed by atoms with van der Waals surface area (Å²) in [6.45, 7) is 9.38. The van der Waals surface area contributed by atoms with Crippen LogP contribution in [0.25, 0.3) is 21.9 Å². The number of imidazole rings is 1. The van der Waals surface area contributed by atoms with Gasteiger partial charge in [-0.15, -0.1) is 0 Å². The van der Waals surface area contributed by atoms with Crippen molar-refractivity contribution in [3.05, 3.63) is 84.7 Å². The minimum atomic E-state index is -4.26. The Kier molecular flexibility index (Phi) is 10.3. The lowest BCUT2D eigenvalue weighted by atomic mass is 9.99. The molecule has 1 fully saturated rings. The first-order valence-corrected chi connectivity index (χ1v) is 18.3. The van der Waals surface area contributed by atoms with E-state index in [1.54, 1.807) is 23.6 Å². The highest BCUT2D eigenvalue weighted by Crippen LogP contribution is 2.48. The van der Waals surface area contributed by atoms with Gasteiger partial charge < -0.3 is 30.2 Å². The number of nitrogens with zero attached hydrogens (tertiary/aromatic N) is 4. The zero-order chi connectivity index (χ0) is 36.4. The Balaban J connectivity index is 1.21. The molecule has 5 atom stereocenters. The summed E-state index contributed by atoms with van der Waals surface area (Å²) in [7, 11) is -4.26. The van der Waals surface area contributed by atoms with Gasteiger partial charge in [-0.2, -0.15) is 15.1 Å². The van der Waals surface area contributed by atoms with E-state index >= 15 is 0 Å². The van der Waals surface area contributed by atoms with Gasteiger partial charge in [0.1, 0.15) is 17.4 Å². The zero-order valence-corrected chi connectivity index (χ0v) is 30.2. The second-order valence-electron chi connectivity index (χ2n) is 14.1. The third kappa shape index (κ3) is 8.66. The number of hydrogen-bond acceptors (Lipinski definition) is 12. The molecule has 0 aliphatic carbocycles. The van der Waals surface area contributed by atoms with Gasteiger partial charge in [0.15, 0.2) is 23.2 Å². The van der Waals surface area contributed by atoms with Gasteiger partial charge in [-0.3, -0.25) is 13.9 Å². The predicted molar refractivity (Wildman–Crippen MR) is 194 cm³/mol. The summed E-state index contributed by atoms with van der Waals surface area (Å²) >= 11 is 0. The molecular weight excluding hydrogens is 673 g/mol. The van der Waals surface area contributed by atoms with Gasteiger partial charge in [-0.05, 0) is 36.3 Å². The molecule has 1 aliphatic heterocycles. The van der Waals surface area contributed by atoms with Crippen LogP contribution in [0, 0.1) is 5.41 Å². The number of ether oxygens (including phenoxy) is 2. The van der Waals surface area contributed by atoms with Crippen molar-refractivity contribution in [2.75, 3.05) is 24.3 Å². The molecule has 14 nitrogen and oxygen atoms in total. The third-order valence-corrected chi connectivity index (χ3v) is 9.87. The molecule has 6 rings (SSSR count). The smallest absolute Gasteiger partial charge is 0.459 e. The number of anilines is 2. The summed E-state index contributed by atoms with van der Waals surface area (Å²) < 4.78 is 39.9. The van der Waals surface area contributed by atoms with E-state index in [4.69, 9.17) is 24.3 Å². The minimum Gasteiger partial charge on any atom is -0.464 e. The number of esters is 1. The van der Waals surface area contributed by atoms with Crippen molar-refractivity contribution in [1.29, 1.82) is 0 Å². The average molecular weight is 718 g/mol. The van der Waals surface area contributed by atoms with E-state index in [9.17, 15) is 14.5 Å². The fraction of sp³-hybridized carbons (Fsp3) is 0.389. The van der Waals surface area contributed by atoms with E-state index in [0.29, 0.717) is 34.7 Å². The largest absolute Gasteiger partial charge is 0.464 e. The lowest BCUT2D eigenvalue weighted by Crippen LogP contribution is -2.37. The Hall–Kier alpha value is -4.59. The molecule has 0 saturated carbocycles. The molecule has 5 unspecified atom stereocenters. The summed E-state index contributed by atoms with van der Waals surface area (Å²) in [6, 6.07) is 21.6. The number of rotatable bonds is 13. The van der Waals surface area contributed by atoms with Crippen molar-refractivity contribution in [2.45, 2.75) is 71.6 Å². The summed E-state index contributed by atoms with van der Waals surface area (Å²) in [6.07, 6.45) is -0.0821. The van der Waals surface area contributed by atoms with Crippen molar-refractivity contribution in [3.8, 4) is 5.75 Å². The normalized spacial score (nSPS) is 21.0. The number of benzene rings is 3. The predicted octanol–water partition coefficient (Wildman–Crippen LogP) is 5.98. The standard InChI is InChI=1S/C36H44N7O7P/c1-23(32(44)47-21-35(2,3)4)42-51(46,50-28-17-11-15-25-14-9-10-16-27(25)28)48-20-26-18-36(5,45)33(49-26)43-22-39-29-30(40-34(37)41-31(29)43)38-19-24-12-7-6-8-13-24/h6-17,22-23,26,33,45H,18-21H2,1-5H3,(H,42,46)(H3,37,38,40,41). The number of fused-ring (bicyclic) bond motifs is 2. The van der Waals surface area contributed by atoms with Crippen molar-refractivity contribution in [3.63, 3.8) is 0 Å². The van der Waals surface area contributed by atoms with Gasteiger partial charge in [-0.25, -0.2) is 9.55 Å². The zero-order valence-electron chi connectivity index (χ0n) is 29.3. The van der Waals surface area contributed by atoms with Crippen LogP contribution < -0.4 is 20.7 Å².